The normalized spacial score (nSPS) is 15.8. The Morgan fingerprint density at radius 1 is 1.53 bits per heavy atom. The van der Waals surface area contributed by atoms with Crippen molar-refractivity contribution in [1.82, 2.24) is 20.0 Å². The zero-order chi connectivity index (χ0) is 12.3. The molecule has 17 heavy (non-hydrogen) atoms. The van der Waals surface area contributed by atoms with Crippen LogP contribution in [0.4, 0.5) is 0 Å². The fraction of sp³-hybridized carbons (Fsp3) is 0.769. The van der Waals surface area contributed by atoms with Crippen LogP contribution < -0.4 is 5.32 Å². The summed E-state index contributed by atoms with van der Waals surface area (Å²) in [7, 11) is 4.18. The second kappa shape index (κ2) is 5.65. The minimum atomic E-state index is 0.813. The van der Waals surface area contributed by atoms with Gasteiger partial charge in [0.25, 0.3) is 0 Å². The minimum absolute atomic E-state index is 0.813. The Morgan fingerprint density at radius 3 is 2.94 bits per heavy atom. The molecule has 4 nitrogen and oxygen atoms in total. The van der Waals surface area contributed by atoms with Crippen LogP contribution >= 0.6 is 0 Å². The molecule has 0 aromatic carbocycles. The molecule has 1 saturated carbocycles. The molecule has 1 aromatic rings. The highest BCUT2D eigenvalue weighted by atomic mass is 15.3. The molecule has 0 bridgehead atoms. The van der Waals surface area contributed by atoms with Gasteiger partial charge in [0.1, 0.15) is 0 Å². The van der Waals surface area contributed by atoms with E-state index in [1.807, 2.05) is 11.7 Å². The first kappa shape index (κ1) is 12.6. The van der Waals surface area contributed by atoms with Crippen LogP contribution in [0.25, 0.3) is 0 Å². The number of likely N-dealkylation sites (N-methyl/N-ethyl adjacent to an activating group) is 1. The van der Waals surface area contributed by atoms with Crippen molar-refractivity contribution in [2.75, 3.05) is 20.1 Å². The van der Waals surface area contributed by atoms with E-state index >= 15 is 0 Å². The van der Waals surface area contributed by atoms with E-state index in [4.69, 9.17) is 0 Å². The average Bonchev–Trinajstić information content (AvgIpc) is 3.03. The zero-order valence-electron chi connectivity index (χ0n) is 11.2. The molecule has 0 amide bonds. The molecule has 1 aliphatic carbocycles. The fourth-order valence-electron chi connectivity index (χ4n) is 2.13. The molecule has 0 radical (unpaired) electrons. The van der Waals surface area contributed by atoms with Gasteiger partial charge in [0.15, 0.2) is 0 Å². The lowest BCUT2D eigenvalue weighted by atomic mass is 10.2. The molecule has 0 aliphatic heterocycles. The third-order valence-corrected chi connectivity index (χ3v) is 3.27. The van der Waals surface area contributed by atoms with E-state index in [1.54, 1.807) is 0 Å². The molecule has 2 rings (SSSR count). The molecule has 0 unspecified atom stereocenters. The van der Waals surface area contributed by atoms with Crippen LogP contribution in [0.15, 0.2) is 6.20 Å². The van der Waals surface area contributed by atoms with E-state index in [0.29, 0.717) is 0 Å². The topological polar surface area (TPSA) is 33.1 Å². The Morgan fingerprint density at radius 2 is 2.29 bits per heavy atom. The van der Waals surface area contributed by atoms with Crippen LogP contribution in [-0.2, 0) is 20.0 Å². The highest BCUT2D eigenvalue weighted by Gasteiger charge is 2.19. The van der Waals surface area contributed by atoms with Crippen LogP contribution in [0.1, 0.15) is 31.0 Å². The van der Waals surface area contributed by atoms with Gasteiger partial charge in [0.2, 0.25) is 0 Å². The van der Waals surface area contributed by atoms with Crippen LogP contribution in [-0.4, -0.2) is 40.9 Å². The van der Waals surface area contributed by atoms with Gasteiger partial charge in [0, 0.05) is 44.5 Å². The smallest absolute Gasteiger partial charge is 0.0666 e. The first-order valence-electron chi connectivity index (χ1n) is 6.62. The standard InChI is InChI=1S/C13H24N4/c1-4-13-11(10-17(3)15-13)9-16(2)8-7-14-12-5-6-12/h10,12,14H,4-9H2,1-3H3. The molecule has 1 N–H and O–H groups in total. The second-order valence-electron chi connectivity index (χ2n) is 5.09. The Hall–Kier alpha value is -0.870. The molecule has 1 fully saturated rings. The van der Waals surface area contributed by atoms with Gasteiger partial charge in [-0.2, -0.15) is 5.10 Å². The first-order valence-corrected chi connectivity index (χ1v) is 6.62. The Bertz CT molecular complexity index is 354. The van der Waals surface area contributed by atoms with Crippen molar-refractivity contribution >= 4 is 0 Å². The lowest BCUT2D eigenvalue weighted by Crippen LogP contribution is -2.30. The van der Waals surface area contributed by atoms with Gasteiger partial charge in [-0.15, -0.1) is 0 Å². The molecule has 1 aliphatic rings. The van der Waals surface area contributed by atoms with Gasteiger partial charge in [-0.1, -0.05) is 6.92 Å². The third kappa shape index (κ3) is 3.82. The van der Waals surface area contributed by atoms with Gasteiger partial charge >= 0.3 is 0 Å². The summed E-state index contributed by atoms with van der Waals surface area (Å²) in [5.74, 6) is 0. The summed E-state index contributed by atoms with van der Waals surface area (Å²) < 4.78 is 1.92. The predicted octanol–water partition coefficient (Wildman–Crippen LogP) is 1.17. The Labute approximate surface area is 104 Å². The van der Waals surface area contributed by atoms with Crippen LogP contribution in [0.5, 0.6) is 0 Å². The summed E-state index contributed by atoms with van der Waals surface area (Å²) >= 11 is 0. The number of aryl methyl sites for hydroxylation is 2. The third-order valence-electron chi connectivity index (χ3n) is 3.27. The minimum Gasteiger partial charge on any atom is -0.313 e. The molecule has 1 heterocycles. The molecule has 0 saturated heterocycles. The monoisotopic (exact) mass is 236 g/mol. The number of aromatic nitrogens is 2. The van der Waals surface area contributed by atoms with Crippen molar-refractivity contribution in [3.05, 3.63) is 17.5 Å². The maximum absolute atomic E-state index is 4.48. The van der Waals surface area contributed by atoms with Gasteiger partial charge < -0.3 is 10.2 Å². The van der Waals surface area contributed by atoms with E-state index in [1.165, 1.54) is 24.1 Å². The van der Waals surface area contributed by atoms with E-state index in [2.05, 4.69) is 35.5 Å². The van der Waals surface area contributed by atoms with Gasteiger partial charge in [0.05, 0.1) is 5.69 Å². The number of rotatable bonds is 7. The quantitative estimate of drug-likeness (QED) is 0.771. The van der Waals surface area contributed by atoms with Crippen molar-refractivity contribution in [3.63, 3.8) is 0 Å². The maximum Gasteiger partial charge on any atom is 0.0666 e. The van der Waals surface area contributed by atoms with E-state index in [0.717, 1.165) is 32.1 Å². The summed E-state index contributed by atoms with van der Waals surface area (Å²) in [5, 5.41) is 8.02. The molecular weight excluding hydrogens is 212 g/mol. The number of nitrogens with zero attached hydrogens (tertiary/aromatic N) is 3. The molecule has 0 atom stereocenters. The van der Waals surface area contributed by atoms with Gasteiger partial charge in [-0.3, -0.25) is 4.68 Å². The van der Waals surface area contributed by atoms with Crippen molar-refractivity contribution in [2.24, 2.45) is 7.05 Å². The highest BCUT2D eigenvalue weighted by Crippen LogP contribution is 2.18. The molecule has 1 aromatic heterocycles. The molecular formula is C13H24N4. The Balaban J connectivity index is 1.77. The largest absolute Gasteiger partial charge is 0.313 e. The average molecular weight is 236 g/mol. The number of hydrogen-bond donors (Lipinski definition) is 1. The molecule has 4 heteroatoms. The summed E-state index contributed by atoms with van der Waals surface area (Å²) in [6, 6.07) is 0.813. The van der Waals surface area contributed by atoms with Gasteiger partial charge in [-0.25, -0.2) is 0 Å². The maximum atomic E-state index is 4.48. The predicted molar refractivity (Wildman–Crippen MR) is 69.9 cm³/mol. The number of nitrogens with one attached hydrogen (secondary N) is 1. The summed E-state index contributed by atoms with van der Waals surface area (Å²) in [5.41, 5.74) is 2.60. The van der Waals surface area contributed by atoms with Gasteiger partial charge in [-0.05, 0) is 26.3 Å². The SMILES string of the molecule is CCc1nn(C)cc1CN(C)CCNC1CC1. The van der Waals surface area contributed by atoms with Crippen molar-refractivity contribution < 1.29 is 0 Å². The van der Waals surface area contributed by atoms with Crippen molar-refractivity contribution in [3.8, 4) is 0 Å². The van der Waals surface area contributed by atoms with Crippen LogP contribution in [0.3, 0.4) is 0 Å². The lowest BCUT2D eigenvalue weighted by Gasteiger charge is -2.16. The molecule has 0 spiro atoms. The number of hydrogen-bond acceptors (Lipinski definition) is 3. The summed E-state index contributed by atoms with van der Waals surface area (Å²) in [6.07, 6.45) is 5.90. The van der Waals surface area contributed by atoms with E-state index < -0.39 is 0 Å². The zero-order valence-corrected chi connectivity index (χ0v) is 11.2. The summed E-state index contributed by atoms with van der Waals surface area (Å²) in [6.45, 7) is 5.38. The van der Waals surface area contributed by atoms with Crippen LogP contribution in [0, 0.1) is 0 Å². The second-order valence-corrected chi connectivity index (χ2v) is 5.09. The highest BCUT2D eigenvalue weighted by molar-refractivity contribution is 5.16. The fourth-order valence-corrected chi connectivity index (χ4v) is 2.13. The van der Waals surface area contributed by atoms with Crippen molar-refractivity contribution in [2.45, 2.75) is 38.8 Å². The van der Waals surface area contributed by atoms with Crippen LogP contribution in [0.2, 0.25) is 0 Å². The molecule has 96 valence electrons. The summed E-state index contributed by atoms with van der Waals surface area (Å²) in [4.78, 5) is 2.37. The lowest BCUT2D eigenvalue weighted by molar-refractivity contribution is 0.323. The van der Waals surface area contributed by atoms with E-state index in [9.17, 15) is 0 Å². The first-order chi connectivity index (χ1) is 8.19. The Kier molecular flexibility index (Phi) is 4.18. The van der Waals surface area contributed by atoms with E-state index in [-0.39, 0.29) is 0 Å². The van der Waals surface area contributed by atoms with Crippen molar-refractivity contribution in [1.29, 1.82) is 0 Å².